The summed E-state index contributed by atoms with van der Waals surface area (Å²) in [6, 6.07) is 7.27. The lowest BCUT2D eigenvalue weighted by molar-refractivity contribution is 0.00230. The van der Waals surface area contributed by atoms with E-state index in [1.165, 1.54) is 43.4 Å². The molecule has 0 heterocycles. The van der Waals surface area contributed by atoms with Crippen LogP contribution in [-0.4, -0.2) is 52.8 Å². The molecular weight excluding hydrogens is 524 g/mol. The minimum absolute atomic E-state index is 0.0290. The number of hydrogen-bond donors (Lipinski definition) is 4. The summed E-state index contributed by atoms with van der Waals surface area (Å²) in [5.74, 6) is -2.69. The van der Waals surface area contributed by atoms with Crippen LogP contribution < -0.4 is 10.6 Å². The van der Waals surface area contributed by atoms with E-state index in [2.05, 4.69) is 45.3 Å². The van der Waals surface area contributed by atoms with E-state index < -0.39 is 29.5 Å². The van der Waals surface area contributed by atoms with E-state index in [1.807, 2.05) is 0 Å². The van der Waals surface area contributed by atoms with Crippen LogP contribution >= 0.6 is 0 Å². The van der Waals surface area contributed by atoms with Gasteiger partial charge in [0.25, 0.3) is 11.8 Å². The topological polar surface area (TPSA) is 150 Å². The van der Waals surface area contributed by atoms with Gasteiger partial charge in [-0.15, -0.1) is 0 Å². The first-order valence-corrected chi connectivity index (χ1v) is 14.0. The quantitative estimate of drug-likeness (QED) is 0.356. The molecule has 2 aliphatic carbocycles. The fourth-order valence-electron chi connectivity index (χ4n) is 7.47. The Bertz CT molecular complexity index is 1430. The Morgan fingerprint density at radius 1 is 0.756 bits per heavy atom. The predicted molar refractivity (Wildman–Crippen MR) is 152 cm³/mol. The Morgan fingerprint density at radius 3 is 1.76 bits per heavy atom. The Kier molecular flexibility index (Phi) is 8.11. The van der Waals surface area contributed by atoms with Crippen molar-refractivity contribution in [1.29, 1.82) is 0 Å². The molecule has 9 heteroatoms. The van der Waals surface area contributed by atoms with Gasteiger partial charge in [-0.25, -0.2) is 9.59 Å². The lowest BCUT2D eigenvalue weighted by Crippen LogP contribution is -2.55. The number of rotatable bonds is 7. The number of carboxylic acids is 2. The maximum absolute atomic E-state index is 13.7. The smallest absolute Gasteiger partial charge is 0.336 e. The third-order valence-electron chi connectivity index (χ3n) is 9.73. The van der Waals surface area contributed by atoms with Gasteiger partial charge in [0.2, 0.25) is 0 Å². The third-order valence-corrected chi connectivity index (χ3v) is 9.73. The van der Waals surface area contributed by atoms with Gasteiger partial charge in [-0.1, -0.05) is 46.8 Å². The van der Waals surface area contributed by atoms with E-state index in [4.69, 9.17) is 0 Å². The fourth-order valence-corrected chi connectivity index (χ4v) is 7.47. The Labute approximate surface area is 239 Å². The molecule has 4 N–H and O–H groups in total. The molecule has 9 nitrogen and oxygen atoms in total. The van der Waals surface area contributed by atoms with Crippen LogP contribution in [0.1, 0.15) is 105 Å². The second kappa shape index (κ2) is 11.1. The van der Waals surface area contributed by atoms with E-state index in [0.29, 0.717) is 17.8 Å². The van der Waals surface area contributed by atoms with Crippen molar-refractivity contribution in [2.75, 3.05) is 7.05 Å². The van der Waals surface area contributed by atoms with Crippen LogP contribution in [0.5, 0.6) is 0 Å². The summed E-state index contributed by atoms with van der Waals surface area (Å²) < 4.78 is 0. The van der Waals surface area contributed by atoms with Crippen molar-refractivity contribution in [2.24, 2.45) is 35.0 Å². The van der Waals surface area contributed by atoms with Crippen molar-refractivity contribution in [3.63, 3.8) is 0 Å². The molecule has 6 unspecified atom stereocenters. The fraction of sp³-hybridized carbons (Fsp3) is 0.469. The molecule has 0 spiro atoms. The van der Waals surface area contributed by atoms with Crippen LogP contribution in [0, 0.1) is 35.0 Å². The molecule has 2 saturated carbocycles. The average molecular weight is 563 g/mol. The van der Waals surface area contributed by atoms with Crippen LogP contribution in [0.25, 0.3) is 0 Å². The number of fused-ring (bicyclic) bond motifs is 1. The number of hydrogen-bond acceptors (Lipinski definition) is 5. The predicted octanol–water partition coefficient (Wildman–Crippen LogP) is 4.75. The minimum atomic E-state index is -1.32. The zero-order chi connectivity index (χ0) is 30.4. The van der Waals surface area contributed by atoms with Gasteiger partial charge in [-0.3, -0.25) is 14.4 Å². The number of nitrogens with one attached hydrogen (secondary N) is 2. The second-order valence-corrected chi connectivity index (χ2v) is 12.3. The number of aromatic carboxylic acids is 2. The molecule has 4 rings (SSSR count). The molecule has 2 amide bonds. The van der Waals surface area contributed by atoms with E-state index in [0.717, 1.165) is 12.8 Å². The molecular formula is C32H38N2O7. The van der Waals surface area contributed by atoms with Crippen molar-refractivity contribution in [3.8, 4) is 0 Å². The van der Waals surface area contributed by atoms with Gasteiger partial charge in [0.1, 0.15) is 0 Å². The van der Waals surface area contributed by atoms with Crippen molar-refractivity contribution in [1.82, 2.24) is 10.6 Å². The molecule has 2 aromatic rings. The summed E-state index contributed by atoms with van der Waals surface area (Å²) in [5, 5.41) is 24.8. The highest BCUT2D eigenvalue weighted by Crippen LogP contribution is 2.58. The maximum atomic E-state index is 13.7. The first-order valence-electron chi connectivity index (χ1n) is 14.0. The zero-order valence-electron chi connectivity index (χ0n) is 24.3. The van der Waals surface area contributed by atoms with Crippen LogP contribution in [0.15, 0.2) is 36.4 Å². The molecule has 2 aromatic carbocycles. The first-order chi connectivity index (χ1) is 19.2. The molecule has 0 saturated heterocycles. The molecule has 2 aliphatic rings. The summed E-state index contributed by atoms with van der Waals surface area (Å²) >= 11 is 0. The van der Waals surface area contributed by atoms with Gasteiger partial charge >= 0.3 is 11.9 Å². The van der Waals surface area contributed by atoms with Crippen LogP contribution in [0.2, 0.25) is 0 Å². The van der Waals surface area contributed by atoms with E-state index >= 15 is 0 Å². The Balaban J connectivity index is 1.67. The lowest BCUT2D eigenvalue weighted by atomic mass is 9.57. The number of carbonyl (C=O) groups is 5. The minimum Gasteiger partial charge on any atom is -0.478 e. The Morgan fingerprint density at radius 2 is 1.27 bits per heavy atom. The normalized spacial score (nSPS) is 26.5. The highest BCUT2D eigenvalue weighted by molar-refractivity contribution is 6.14. The summed E-state index contributed by atoms with van der Waals surface area (Å²) in [6.45, 7) is 11.2. The lowest BCUT2D eigenvalue weighted by Gasteiger charge is -2.50. The molecule has 0 aromatic heterocycles. The van der Waals surface area contributed by atoms with Crippen molar-refractivity contribution in [3.05, 3.63) is 69.8 Å². The van der Waals surface area contributed by atoms with Crippen molar-refractivity contribution < 1.29 is 34.2 Å². The zero-order valence-corrected chi connectivity index (χ0v) is 24.3. The molecule has 0 radical (unpaired) electrons. The van der Waals surface area contributed by atoms with Gasteiger partial charge < -0.3 is 20.8 Å². The first kappa shape index (κ1) is 30.0. The van der Waals surface area contributed by atoms with Crippen LogP contribution in [0.3, 0.4) is 0 Å². The third kappa shape index (κ3) is 5.37. The monoisotopic (exact) mass is 562 g/mol. The molecule has 6 atom stereocenters. The molecule has 218 valence electrons. The highest BCUT2D eigenvalue weighted by atomic mass is 16.4. The van der Waals surface area contributed by atoms with Gasteiger partial charge in [0.05, 0.1) is 22.3 Å². The Hall–Kier alpha value is -4.01. The van der Waals surface area contributed by atoms with E-state index in [-0.39, 0.29) is 56.7 Å². The van der Waals surface area contributed by atoms with Gasteiger partial charge in [0.15, 0.2) is 5.78 Å². The number of amides is 2. The summed E-state index contributed by atoms with van der Waals surface area (Å²) in [6.07, 6.45) is 2.22. The molecule has 41 heavy (non-hydrogen) atoms. The second-order valence-electron chi connectivity index (χ2n) is 12.3. The number of carboxylic acid groups (broad SMARTS) is 2. The molecule has 0 aliphatic heterocycles. The SMILES string of the molecule is CNC(=O)c1cc(C(=O)c2ccc(C(=O)O)c(C(=O)NC3C(C)C(C)C4C(CCC4(C)C)C3C)c2)ccc1C(=O)O. The standard InChI is InChI=1S/C32H38N2O7/c1-15-16(2)26(17(3)20-11-12-32(4,5)25(15)20)34-29(37)24-14-19(8-10-22(24)31(40)41)27(35)18-7-9-21(30(38)39)23(13-18)28(36)33-6/h7-10,13-17,20,25-26H,11-12H2,1-6H3,(H,33,36)(H,34,37)(H,38,39)(H,40,41). The largest absolute Gasteiger partial charge is 0.478 e. The highest BCUT2D eigenvalue weighted by Gasteiger charge is 2.54. The summed E-state index contributed by atoms with van der Waals surface area (Å²) in [4.78, 5) is 63.0. The average Bonchev–Trinajstić information content (AvgIpc) is 3.27. The summed E-state index contributed by atoms with van der Waals surface area (Å²) in [5.41, 5.74) is -0.502. The van der Waals surface area contributed by atoms with Crippen molar-refractivity contribution in [2.45, 2.75) is 53.5 Å². The number of ketones is 1. The van der Waals surface area contributed by atoms with E-state index in [9.17, 15) is 34.2 Å². The van der Waals surface area contributed by atoms with Crippen LogP contribution in [0.4, 0.5) is 0 Å². The maximum Gasteiger partial charge on any atom is 0.336 e. The van der Waals surface area contributed by atoms with Gasteiger partial charge in [-0.05, 0) is 72.1 Å². The van der Waals surface area contributed by atoms with E-state index in [1.54, 1.807) is 0 Å². The van der Waals surface area contributed by atoms with Gasteiger partial charge in [0, 0.05) is 24.2 Å². The van der Waals surface area contributed by atoms with Crippen molar-refractivity contribution >= 4 is 29.5 Å². The molecule has 2 fully saturated rings. The van der Waals surface area contributed by atoms with Crippen LogP contribution in [-0.2, 0) is 0 Å². The number of benzene rings is 2. The van der Waals surface area contributed by atoms with Gasteiger partial charge in [-0.2, -0.15) is 0 Å². The summed E-state index contributed by atoms with van der Waals surface area (Å²) in [7, 11) is 1.35. The number of carbonyl (C=O) groups excluding carboxylic acids is 3. The molecule has 0 bridgehead atoms.